The Bertz CT molecular complexity index is 814. The normalized spacial score (nSPS) is 19.2. The number of ether oxygens (including phenoxy) is 1. The fourth-order valence-electron chi connectivity index (χ4n) is 3.24. The third-order valence-electron chi connectivity index (χ3n) is 4.54. The number of nitrogens with one attached hydrogen (secondary N) is 2. The molecule has 1 aromatic heterocycles. The lowest BCUT2D eigenvalue weighted by atomic mass is 10.1. The van der Waals surface area contributed by atoms with Gasteiger partial charge in [0.15, 0.2) is 11.7 Å². The number of benzene rings is 1. The first kappa shape index (κ1) is 24.1. The molecule has 0 spiro atoms. The number of nitrogens with zero attached hydrogens (tertiary/aromatic N) is 2. The summed E-state index contributed by atoms with van der Waals surface area (Å²) in [5.41, 5.74) is 0.935. The van der Waals surface area contributed by atoms with E-state index in [1.54, 1.807) is 24.3 Å². The van der Waals surface area contributed by atoms with Crippen molar-refractivity contribution in [3.63, 3.8) is 0 Å². The second-order valence-corrected chi connectivity index (χ2v) is 6.86. The van der Waals surface area contributed by atoms with Gasteiger partial charge in [-0.05, 0) is 43.7 Å². The van der Waals surface area contributed by atoms with E-state index in [-0.39, 0.29) is 53.7 Å². The summed E-state index contributed by atoms with van der Waals surface area (Å²) in [7, 11) is 0. The van der Waals surface area contributed by atoms with E-state index in [4.69, 9.17) is 9.15 Å². The Morgan fingerprint density at radius 2 is 2.00 bits per heavy atom. The van der Waals surface area contributed by atoms with Crippen LogP contribution in [0.15, 0.2) is 52.1 Å². The molecule has 0 aliphatic carbocycles. The van der Waals surface area contributed by atoms with Crippen molar-refractivity contribution >= 4 is 35.8 Å². The van der Waals surface area contributed by atoms with Crippen molar-refractivity contribution in [3.8, 4) is 0 Å². The van der Waals surface area contributed by atoms with E-state index in [0.29, 0.717) is 26.2 Å². The van der Waals surface area contributed by atoms with Crippen LogP contribution in [0.1, 0.15) is 36.1 Å². The maximum atomic E-state index is 13.2. The standard InChI is InChI=1S/C21H27FN4O3.HI/c1-3-23-21(25-11-10-24-20(27)18-5-4-12-28-18)26-13-15(2)29-19(14-26)16-6-8-17(22)9-7-16;/h4-9,12,15,19H,3,10-11,13-14H2,1-2H3,(H,23,25)(H,24,27);1H. The molecule has 0 radical (unpaired) electrons. The Balaban J connectivity index is 0.00000320. The van der Waals surface area contributed by atoms with Crippen LogP contribution in [0.4, 0.5) is 4.39 Å². The number of hydrogen-bond donors (Lipinski definition) is 2. The molecule has 1 aliphatic rings. The zero-order valence-corrected chi connectivity index (χ0v) is 19.5. The lowest BCUT2D eigenvalue weighted by Crippen LogP contribution is -2.51. The maximum absolute atomic E-state index is 13.2. The zero-order valence-electron chi connectivity index (χ0n) is 17.1. The van der Waals surface area contributed by atoms with Gasteiger partial charge in [-0.25, -0.2) is 4.39 Å². The molecule has 9 heteroatoms. The summed E-state index contributed by atoms with van der Waals surface area (Å²) in [6.45, 7) is 6.89. The van der Waals surface area contributed by atoms with Gasteiger partial charge in [-0.2, -0.15) is 0 Å². The van der Waals surface area contributed by atoms with Crippen molar-refractivity contribution in [2.45, 2.75) is 26.1 Å². The molecule has 2 N–H and O–H groups in total. The van der Waals surface area contributed by atoms with E-state index >= 15 is 0 Å². The van der Waals surface area contributed by atoms with E-state index in [0.717, 1.165) is 18.1 Å². The fourth-order valence-corrected chi connectivity index (χ4v) is 3.24. The molecule has 3 rings (SSSR count). The second kappa shape index (κ2) is 11.9. The zero-order chi connectivity index (χ0) is 20.6. The van der Waals surface area contributed by atoms with Gasteiger partial charge in [0.25, 0.3) is 5.91 Å². The van der Waals surface area contributed by atoms with Crippen molar-refractivity contribution in [1.29, 1.82) is 0 Å². The van der Waals surface area contributed by atoms with E-state index in [9.17, 15) is 9.18 Å². The van der Waals surface area contributed by atoms with Crippen LogP contribution in [0.25, 0.3) is 0 Å². The van der Waals surface area contributed by atoms with Gasteiger partial charge in [0.1, 0.15) is 11.9 Å². The monoisotopic (exact) mass is 530 g/mol. The summed E-state index contributed by atoms with van der Waals surface area (Å²) < 4.78 is 24.4. The highest BCUT2D eigenvalue weighted by atomic mass is 127. The van der Waals surface area contributed by atoms with Gasteiger partial charge in [-0.15, -0.1) is 24.0 Å². The third-order valence-corrected chi connectivity index (χ3v) is 4.54. The summed E-state index contributed by atoms with van der Waals surface area (Å²) in [6.07, 6.45) is 1.30. The number of carbonyl (C=O) groups is 1. The number of halogens is 2. The smallest absolute Gasteiger partial charge is 0.287 e. The molecule has 2 heterocycles. The minimum Gasteiger partial charge on any atom is -0.459 e. The van der Waals surface area contributed by atoms with Gasteiger partial charge in [0.05, 0.1) is 25.5 Å². The molecule has 164 valence electrons. The number of guanidine groups is 1. The molecular weight excluding hydrogens is 502 g/mol. The first-order valence-electron chi connectivity index (χ1n) is 9.82. The van der Waals surface area contributed by atoms with Crippen LogP contribution in [0.2, 0.25) is 0 Å². The van der Waals surface area contributed by atoms with E-state index < -0.39 is 0 Å². The van der Waals surface area contributed by atoms with Crippen LogP contribution in [0.3, 0.4) is 0 Å². The average Bonchev–Trinajstić information content (AvgIpc) is 3.25. The van der Waals surface area contributed by atoms with Gasteiger partial charge in [-0.1, -0.05) is 12.1 Å². The molecule has 2 atom stereocenters. The molecule has 2 unspecified atom stereocenters. The minimum atomic E-state index is -0.263. The molecule has 1 aromatic carbocycles. The number of hydrogen-bond acceptors (Lipinski definition) is 4. The molecule has 0 bridgehead atoms. The molecule has 2 aromatic rings. The van der Waals surface area contributed by atoms with Crippen LogP contribution >= 0.6 is 24.0 Å². The van der Waals surface area contributed by atoms with Gasteiger partial charge in [-0.3, -0.25) is 9.79 Å². The molecule has 7 nitrogen and oxygen atoms in total. The first-order chi connectivity index (χ1) is 14.1. The molecule has 30 heavy (non-hydrogen) atoms. The quantitative estimate of drug-likeness (QED) is 0.260. The SMILES string of the molecule is CCNC(=NCCNC(=O)c1ccco1)N1CC(C)OC(c2ccc(F)cc2)C1.I. The Kier molecular flexibility index (Phi) is 9.57. The Morgan fingerprint density at radius 1 is 1.23 bits per heavy atom. The number of aliphatic imine (C=N–C) groups is 1. The number of rotatable bonds is 6. The van der Waals surface area contributed by atoms with Crippen molar-refractivity contribution in [3.05, 3.63) is 59.8 Å². The van der Waals surface area contributed by atoms with Crippen LogP contribution in [0.5, 0.6) is 0 Å². The van der Waals surface area contributed by atoms with Crippen molar-refractivity contribution in [2.24, 2.45) is 4.99 Å². The van der Waals surface area contributed by atoms with Crippen LogP contribution in [-0.2, 0) is 4.74 Å². The van der Waals surface area contributed by atoms with Crippen molar-refractivity contribution < 1.29 is 18.3 Å². The Morgan fingerprint density at radius 3 is 2.67 bits per heavy atom. The Hall–Kier alpha value is -2.14. The van der Waals surface area contributed by atoms with E-state index in [1.807, 2.05) is 13.8 Å². The number of carbonyl (C=O) groups excluding carboxylic acids is 1. The van der Waals surface area contributed by atoms with Crippen molar-refractivity contribution in [1.82, 2.24) is 15.5 Å². The van der Waals surface area contributed by atoms with Gasteiger partial charge >= 0.3 is 0 Å². The molecule has 1 saturated heterocycles. The minimum absolute atomic E-state index is 0. The lowest BCUT2D eigenvalue weighted by molar-refractivity contribution is -0.0605. The number of morpholine rings is 1. The number of furan rings is 1. The molecular formula is C21H28FIN4O3. The summed E-state index contributed by atoms with van der Waals surface area (Å²) in [6, 6.07) is 9.70. The van der Waals surface area contributed by atoms with Gasteiger partial charge in [0, 0.05) is 19.6 Å². The van der Waals surface area contributed by atoms with E-state index in [1.165, 1.54) is 18.4 Å². The molecule has 1 fully saturated rings. The maximum Gasteiger partial charge on any atom is 0.287 e. The van der Waals surface area contributed by atoms with Crippen molar-refractivity contribution in [2.75, 3.05) is 32.7 Å². The summed E-state index contributed by atoms with van der Waals surface area (Å²) in [5, 5.41) is 6.09. The molecule has 0 saturated carbocycles. The van der Waals surface area contributed by atoms with E-state index in [2.05, 4.69) is 20.5 Å². The summed E-state index contributed by atoms with van der Waals surface area (Å²) in [5.74, 6) is 0.527. The summed E-state index contributed by atoms with van der Waals surface area (Å²) in [4.78, 5) is 18.7. The Labute approximate surface area is 193 Å². The van der Waals surface area contributed by atoms with Crippen LogP contribution in [0, 0.1) is 5.82 Å². The highest BCUT2D eigenvalue weighted by Crippen LogP contribution is 2.25. The van der Waals surface area contributed by atoms with Crippen LogP contribution < -0.4 is 10.6 Å². The molecule has 1 amide bonds. The lowest BCUT2D eigenvalue weighted by Gasteiger charge is -2.38. The van der Waals surface area contributed by atoms with Crippen LogP contribution in [-0.4, -0.2) is 55.6 Å². The highest BCUT2D eigenvalue weighted by Gasteiger charge is 2.28. The molecule has 1 aliphatic heterocycles. The van der Waals surface area contributed by atoms with Gasteiger partial charge < -0.3 is 24.7 Å². The summed E-state index contributed by atoms with van der Waals surface area (Å²) >= 11 is 0. The predicted octanol–water partition coefficient (Wildman–Crippen LogP) is 3.19. The largest absolute Gasteiger partial charge is 0.459 e. The average molecular weight is 530 g/mol. The topological polar surface area (TPSA) is 79.1 Å². The first-order valence-corrected chi connectivity index (χ1v) is 9.82. The fraction of sp³-hybridized carbons (Fsp3) is 0.429. The third kappa shape index (κ3) is 6.69. The second-order valence-electron chi connectivity index (χ2n) is 6.86. The highest BCUT2D eigenvalue weighted by molar-refractivity contribution is 14.0. The predicted molar refractivity (Wildman–Crippen MR) is 124 cm³/mol. The number of amides is 1. The van der Waals surface area contributed by atoms with Gasteiger partial charge in [0.2, 0.25) is 0 Å².